The molecular weight excluding hydrogens is 460 g/mol. The first kappa shape index (κ1) is 24.9. The molecule has 0 bridgehead atoms. The minimum atomic E-state index is -0.0204. The Morgan fingerprint density at radius 1 is 1.00 bits per heavy atom. The van der Waals surface area contributed by atoms with Crippen molar-refractivity contribution in [1.82, 2.24) is 24.6 Å². The average molecular weight is 493 g/mol. The van der Waals surface area contributed by atoms with Crippen molar-refractivity contribution in [2.45, 2.75) is 25.4 Å². The number of nitrogens with zero attached hydrogens (tertiary/aromatic N) is 5. The smallest absolute Gasteiger partial charge is 0.238 e. The van der Waals surface area contributed by atoms with Gasteiger partial charge in [0.25, 0.3) is 0 Å². The van der Waals surface area contributed by atoms with E-state index >= 15 is 0 Å². The molecule has 184 valence electrons. The van der Waals surface area contributed by atoms with Crippen LogP contribution in [0.15, 0.2) is 53.7 Å². The van der Waals surface area contributed by atoms with E-state index < -0.39 is 0 Å². The summed E-state index contributed by atoms with van der Waals surface area (Å²) in [5, 5.41) is 12.4. The number of para-hydroxylation sites is 1. The molecule has 0 atom stereocenters. The van der Waals surface area contributed by atoms with Gasteiger partial charge in [0.05, 0.1) is 12.3 Å². The van der Waals surface area contributed by atoms with Gasteiger partial charge in [0.1, 0.15) is 0 Å². The minimum Gasteiger partial charge on any atom is -0.339 e. The van der Waals surface area contributed by atoms with Crippen molar-refractivity contribution < 1.29 is 9.59 Å². The highest BCUT2D eigenvalue weighted by molar-refractivity contribution is 7.99. The van der Waals surface area contributed by atoms with Crippen LogP contribution in [0.5, 0.6) is 0 Å². The van der Waals surface area contributed by atoms with Crippen LogP contribution in [0, 0.1) is 6.92 Å². The normalized spacial score (nSPS) is 14.2. The van der Waals surface area contributed by atoms with Gasteiger partial charge in [0.2, 0.25) is 11.8 Å². The fraction of sp³-hybridized carbons (Fsp3) is 0.385. The summed E-state index contributed by atoms with van der Waals surface area (Å²) in [7, 11) is 1.93. The molecule has 1 fully saturated rings. The van der Waals surface area contributed by atoms with Gasteiger partial charge in [0.15, 0.2) is 11.0 Å². The van der Waals surface area contributed by atoms with Crippen LogP contribution in [-0.4, -0.2) is 74.9 Å². The van der Waals surface area contributed by atoms with Crippen molar-refractivity contribution in [2.24, 2.45) is 7.05 Å². The highest BCUT2D eigenvalue weighted by Gasteiger charge is 2.23. The zero-order chi connectivity index (χ0) is 24.8. The number of carbonyl (C=O) groups is 2. The maximum Gasteiger partial charge on any atom is 0.238 e. The Labute approximate surface area is 210 Å². The second-order valence-corrected chi connectivity index (χ2v) is 9.63. The largest absolute Gasteiger partial charge is 0.339 e. The lowest BCUT2D eigenvalue weighted by atomic mass is 10.1. The molecule has 0 saturated carbocycles. The van der Waals surface area contributed by atoms with Gasteiger partial charge in [-0.25, -0.2) is 0 Å². The molecular formula is C26H32N6O2S. The van der Waals surface area contributed by atoms with E-state index in [0.717, 1.165) is 39.8 Å². The molecule has 0 radical (unpaired) electrons. The van der Waals surface area contributed by atoms with Crippen molar-refractivity contribution in [3.8, 4) is 11.4 Å². The highest BCUT2D eigenvalue weighted by atomic mass is 32.2. The lowest BCUT2D eigenvalue weighted by Gasteiger charge is -2.34. The van der Waals surface area contributed by atoms with E-state index in [4.69, 9.17) is 0 Å². The molecule has 9 heteroatoms. The molecule has 2 heterocycles. The molecule has 1 aliphatic rings. The average Bonchev–Trinajstić information content (AvgIpc) is 3.23. The second kappa shape index (κ2) is 11.5. The van der Waals surface area contributed by atoms with Crippen molar-refractivity contribution in [1.29, 1.82) is 0 Å². The molecule has 8 nitrogen and oxygen atoms in total. The van der Waals surface area contributed by atoms with E-state index in [9.17, 15) is 9.59 Å². The summed E-state index contributed by atoms with van der Waals surface area (Å²) >= 11 is 1.41. The molecule has 2 amide bonds. The van der Waals surface area contributed by atoms with E-state index in [-0.39, 0.29) is 11.8 Å². The number of hydrogen-bond donors (Lipinski definition) is 1. The number of carbonyl (C=O) groups excluding carboxylic acids is 2. The van der Waals surface area contributed by atoms with Gasteiger partial charge in [-0.1, -0.05) is 61.2 Å². The summed E-state index contributed by atoms with van der Waals surface area (Å²) < 4.78 is 1.94. The van der Waals surface area contributed by atoms with E-state index in [1.165, 1.54) is 11.8 Å². The van der Waals surface area contributed by atoms with E-state index in [1.807, 2.05) is 72.0 Å². The van der Waals surface area contributed by atoms with Gasteiger partial charge >= 0.3 is 0 Å². The predicted molar refractivity (Wildman–Crippen MR) is 139 cm³/mol. The molecule has 2 aromatic carbocycles. The molecule has 1 aliphatic heterocycles. The SMILES string of the molecule is CCc1ccccc1NC(=O)CN1CCN(C(=O)CSc2nnc(-c3ccccc3C)n2C)CC1. The first-order chi connectivity index (χ1) is 17.0. The van der Waals surface area contributed by atoms with Crippen LogP contribution in [0.4, 0.5) is 5.69 Å². The van der Waals surface area contributed by atoms with Crippen molar-refractivity contribution in [2.75, 3.05) is 43.8 Å². The fourth-order valence-electron chi connectivity index (χ4n) is 4.22. The lowest BCUT2D eigenvalue weighted by molar-refractivity contribution is -0.130. The van der Waals surface area contributed by atoms with Crippen LogP contribution < -0.4 is 5.32 Å². The maximum atomic E-state index is 12.8. The van der Waals surface area contributed by atoms with Crippen LogP contribution in [0.2, 0.25) is 0 Å². The quantitative estimate of drug-likeness (QED) is 0.486. The zero-order valence-electron chi connectivity index (χ0n) is 20.5. The third-order valence-corrected chi connectivity index (χ3v) is 7.32. The molecule has 3 aromatic rings. The second-order valence-electron chi connectivity index (χ2n) is 8.68. The fourth-order valence-corrected chi connectivity index (χ4v) is 5.03. The topological polar surface area (TPSA) is 83.4 Å². The summed E-state index contributed by atoms with van der Waals surface area (Å²) in [4.78, 5) is 29.3. The Morgan fingerprint density at radius 3 is 2.46 bits per heavy atom. The predicted octanol–water partition coefficient (Wildman–Crippen LogP) is 3.23. The first-order valence-corrected chi connectivity index (χ1v) is 12.9. The Bertz CT molecular complexity index is 1190. The van der Waals surface area contributed by atoms with Crippen molar-refractivity contribution in [3.63, 3.8) is 0 Å². The van der Waals surface area contributed by atoms with Crippen LogP contribution in [-0.2, 0) is 23.1 Å². The number of thioether (sulfide) groups is 1. The van der Waals surface area contributed by atoms with E-state index in [0.29, 0.717) is 38.5 Å². The Balaban J connectivity index is 1.24. The third-order valence-electron chi connectivity index (χ3n) is 6.31. The highest BCUT2D eigenvalue weighted by Crippen LogP contribution is 2.25. The Kier molecular flexibility index (Phi) is 8.20. The summed E-state index contributed by atoms with van der Waals surface area (Å²) in [6.07, 6.45) is 0.872. The van der Waals surface area contributed by atoms with Gasteiger partial charge in [-0.05, 0) is 30.5 Å². The Hall–Kier alpha value is -3.17. The van der Waals surface area contributed by atoms with Gasteiger partial charge in [-0.2, -0.15) is 0 Å². The monoisotopic (exact) mass is 492 g/mol. The number of benzene rings is 2. The number of hydrogen-bond acceptors (Lipinski definition) is 6. The summed E-state index contributed by atoms with van der Waals surface area (Å²) in [5.41, 5.74) is 4.18. The van der Waals surface area contributed by atoms with Gasteiger partial charge < -0.3 is 14.8 Å². The zero-order valence-corrected chi connectivity index (χ0v) is 21.3. The van der Waals surface area contributed by atoms with Crippen LogP contribution in [0.1, 0.15) is 18.1 Å². The molecule has 4 rings (SSSR count). The summed E-state index contributed by atoms with van der Waals surface area (Å²) in [6, 6.07) is 15.9. The molecule has 1 saturated heterocycles. The Morgan fingerprint density at radius 2 is 1.71 bits per heavy atom. The summed E-state index contributed by atoms with van der Waals surface area (Å²) in [5.74, 6) is 1.17. The standard InChI is InChI=1S/C26H32N6O2S/c1-4-20-10-6-8-12-22(20)27-23(33)17-31-13-15-32(16-14-31)24(34)18-35-26-29-28-25(30(26)3)21-11-7-5-9-19(21)2/h5-12H,4,13-18H2,1-3H3,(H,27,33). The van der Waals surface area contributed by atoms with E-state index in [2.05, 4.69) is 27.3 Å². The maximum absolute atomic E-state index is 12.8. The molecule has 35 heavy (non-hydrogen) atoms. The molecule has 1 N–H and O–H groups in total. The van der Waals surface area contributed by atoms with Crippen LogP contribution >= 0.6 is 11.8 Å². The lowest BCUT2D eigenvalue weighted by Crippen LogP contribution is -2.50. The molecule has 0 aliphatic carbocycles. The van der Waals surface area contributed by atoms with E-state index in [1.54, 1.807) is 0 Å². The molecule has 0 unspecified atom stereocenters. The molecule has 1 aromatic heterocycles. The van der Waals surface area contributed by atoms with Crippen LogP contribution in [0.3, 0.4) is 0 Å². The third kappa shape index (κ3) is 6.10. The molecule has 0 spiro atoms. The van der Waals surface area contributed by atoms with Gasteiger partial charge in [0, 0.05) is 44.5 Å². The summed E-state index contributed by atoms with van der Waals surface area (Å²) in [6.45, 7) is 7.05. The number of rotatable bonds is 8. The number of amides is 2. The minimum absolute atomic E-state index is 0.0204. The number of anilines is 1. The number of nitrogens with one attached hydrogen (secondary N) is 1. The number of aromatic nitrogens is 3. The van der Waals surface area contributed by atoms with Crippen molar-refractivity contribution >= 4 is 29.3 Å². The van der Waals surface area contributed by atoms with Gasteiger partial charge in [-0.15, -0.1) is 10.2 Å². The van der Waals surface area contributed by atoms with Crippen LogP contribution in [0.25, 0.3) is 11.4 Å². The first-order valence-electron chi connectivity index (χ1n) is 11.9. The van der Waals surface area contributed by atoms with Crippen molar-refractivity contribution in [3.05, 3.63) is 59.7 Å². The van der Waals surface area contributed by atoms with Gasteiger partial charge in [-0.3, -0.25) is 14.5 Å². The number of aryl methyl sites for hydroxylation is 2. The number of piperazine rings is 1.